The lowest BCUT2D eigenvalue weighted by atomic mass is 10.0. The van der Waals surface area contributed by atoms with Crippen molar-refractivity contribution in [3.63, 3.8) is 0 Å². The fourth-order valence-corrected chi connectivity index (χ4v) is 3.50. The number of H-pyrrole nitrogens is 1. The van der Waals surface area contributed by atoms with E-state index in [0.717, 1.165) is 24.9 Å². The Kier molecular flexibility index (Phi) is 4.05. The number of aromatic nitrogens is 4. The molecule has 1 atom stereocenters. The Hall–Kier alpha value is -2.96. The zero-order chi connectivity index (χ0) is 17.2. The average Bonchev–Trinajstić information content (AvgIpc) is 3.31. The Morgan fingerprint density at radius 2 is 2.12 bits per heavy atom. The molecule has 0 spiro atoms. The van der Waals surface area contributed by atoms with Crippen LogP contribution in [0.2, 0.25) is 0 Å². The second-order valence-electron chi connectivity index (χ2n) is 6.31. The number of likely N-dealkylation sites (N-methyl/N-ethyl adjacent to an activating group) is 1. The molecule has 3 heterocycles. The monoisotopic (exact) mass is 336 g/mol. The van der Waals surface area contributed by atoms with Crippen molar-refractivity contribution < 1.29 is 4.79 Å². The minimum Gasteiger partial charge on any atom is -0.348 e. The number of likely N-dealkylation sites (tertiary alicyclic amines) is 1. The summed E-state index contributed by atoms with van der Waals surface area (Å²) in [6.07, 6.45) is 5.11. The molecule has 128 valence electrons. The van der Waals surface area contributed by atoms with E-state index < -0.39 is 0 Å². The molecule has 0 saturated carbocycles. The van der Waals surface area contributed by atoms with Gasteiger partial charge in [-0.1, -0.05) is 30.3 Å². The van der Waals surface area contributed by atoms with Gasteiger partial charge in [-0.15, -0.1) is 0 Å². The molecule has 1 aromatic carbocycles. The molecule has 1 N–H and O–H groups in total. The number of fused-ring (bicyclic) bond motifs is 1. The van der Waals surface area contributed by atoms with Crippen molar-refractivity contribution in [3.8, 4) is 0 Å². The summed E-state index contributed by atoms with van der Waals surface area (Å²) in [7, 11) is 1.87. The molecule has 0 unspecified atom stereocenters. The number of amides is 1. The third-order valence-electron chi connectivity index (χ3n) is 4.69. The van der Waals surface area contributed by atoms with Crippen molar-refractivity contribution in [1.29, 1.82) is 0 Å². The summed E-state index contributed by atoms with van der Waals surface area (Å²) in [5.41, 5.74) is 2.56. The molecular formula is C18H20N6O. The minimum absolute atomic E-state index is 0.111. The van der Waals surface area contributed by atoms with Gasteiger partial charge in [0.1, 0.15) is 11.8 Å². The van der Waals surface area contributed by atoms with E-state index in [2.05, 4.69) is 32.1 Å². The highest BCUT2D eigenvalue weighted by atomic mass is 16.2. The van der Waals surface area contributed by atoms with Gasteiger partial charge < -0.3 is 14.8 Å². The maximum Gasteiger partial charge on any atom is 0.242 e. The molecule has 3 aromatic rings. The highest BCUT2D eigenvalue weighted by Crippen LogP contribution is 2.32. The number of anilines is 1. The SMILES string of the molecule is CN(CC(=O)N1CCC[C@H]1c1ccccc1)c1ncnc2nc[nH]c12. The first-order chi connectivity index (χ1) is 12.2. The van der Waals surface area contributed by atoms with Crippen LogP contribution in [0.15, 0.2) is 43.0 Å². The summed E-state index contributed by atoms with van der Waals surface area (Å²) in [6.45, 7) is 1.07. The first kappa shape index (κ1) is 15.6. The van der Waals surface area contributed by atoms with Gasteiger partial charge in [0.15, 0.2) is 11.5 Å². The first-order valence-corrected chi connectivity index (χ1v) is 8.43. The standard InChI is InChI=1S/C18H20N6O/c1-23(18-16-17(20-11-19-16)21-12-22-18)10-15(25)24-9-5-8-14(24)13-6-3-2-4-7-13/h2-4,6-7,11-12,14H,5,8-10H2,1H3,(H,19,20,21,22)/t14-/m0/s1. The molecule has 1 aliphatic rings. The molecule has 7 nitrogen and oxygen atoms in total. The average molecular weight is 336 g/mol. The van der Waals surface area contributed by atoms with Crippen LogP contribution in [-0.4, -0.2) is 50.9 Å². The Balaban J connectivity index is 1.52. The second kappa shape index (κ2) is 6.51. The predicted octanol–water partition coefficient (Wildman–Crippen LogP) is 2.15. The van der Waals surface area contributed by atoms with Gasteiger partial charge in [0, 0.05) is 13.6 Å². The fraction of sp³-hybridized carbons (Fsp3) is 0.333. The van der Waals surface area contributed by atoms with Gasteiger partial charge in [0.2, 0.25) is 5.91 Å². The lowest BCUT2D eigenvalue weighted by molar-refractivity contribution is -0.130. The van der Waals surface area contributed by atoms with Crippen LogP contribution in [0.4, 0.5) is 5.82 Å². The topological polar surface area (TPSA) is 78.0 Å². The van der Waals surface area contributed by atoms with E-state index >= 15 is 0 Å². The van der Waals surface area contributed by atoms with Crippen molar-refractivity contribution >= 4 is 22.9 Å². The molecule has 0 bridgehead atoms. The number of hydrogen-bond donors (Lipinski definition) is 1. The number of aromatic amines is 1. The highest BCUT2D eigenvalue weighted by Gasteiger charge is 2.30. The van der Waals surface area contributed by atoms with E-state index in [-0.39, 0.29) is 18.5 Å². The lowest BCUT2D eigenvalue weighted by Crippen LogP contribution is -2.39. The molecule has 1 saturated heterocycles. The van der Waals surface area contributed by atoms with Crippen molar-refractivity contribution in [2.24, 2.45) is 0 Å². The van der Waals surface area contributed by atoms with Crippen LogP contribution in [0.3, 0.4) is 0 Å². The lowest BCUT2D eigenvalue weighted by Gasteiger charge is -2.27. The Bertz CT molecular complexity index is 877. The smallest absolute Gasteiger partial charge is 0.242 e. The summed E-state index contributed by atoms with van der Waals surface area (Å²) in [5.74, 6) is 0.798. The second-order valence-corrected chi connectivity index (χ2v) is 6.31. The number of hydrogen-bond acceptors (Lipinski definition) is 5. The number of rotatable bonds is 4. The van der Waals surface area contributed by atoms with E-state index in [4.69, 9.17) is 0 Å². The third kappa shape index (κ3) is 2.93. The highest BCUT2D eigenvalue weighted by molar-refractivity contribution is 5.87. The molecule has 0 aliphatic carbocycles. The molecule has 0 radical (unpaired) electrons. The third-order valence-corrected chi connectivity index (χ3v) is 4.69. The molecule has 1 fully saturated rings. The fourth-order valence-electron chi connectivity index (χ4n) is 3.50. The van der Waals surface area contributed by atoms with E-state index in [1.807, 2.05) is 35.0 Å². The van der Waals surface area contributed by atoms with Crippen LogP contribution < -0.4 is 4.90 Å². The summed E-state index contributed by atoms with van der Waals surface area (Å²) < 4.78 is 0. The van der Waals surface area contributed by atoms with Crippen LogP contribution in [0, 0.1) is 0 Å². The van der Waals surface area contributed by atoms with Gasteiger partial charge in [-0.3, -0.25) is 4.79 Å². The Morgan fingerprint density at radius 3 is 2.96 bits per heavy atom. The zero-order valence-electron chi connectivity index (χ0n) is 14.1. The number of nitrogens with zero attached hydrogens (tertiary/aromatic N) is 5. The van der Waals surface area contributed by atoms with Crippen molar-refractivity contribution in [2.75, 3.05) is 25.0 Å². The van der Waals surface area contributed by atoms with E-state index in [9.17, 15) is 4.79 Å². The molecule has 1 amide bonds. The van der Waals surface area contributed by atoms with E-state index in [1.165, 1.54) is 11.9 Å². The number of benzene rings is 1. The molecule has 2 aromatic heterocycles. The van der Waals surface area contributed by atoms with Gasteiger partial charge in [-0.2, -0.15) is 0 Å². The van der Waals surface area contributed by atoms with Crippen molar-refractivity contribution in [2.45, 2.75) is 18.9 Å². The molecule has 25 heavy (non-hydrogen) atoms. The van der Waals surface area contributed by atoms with Gasteiger partial charge in [-0.25, -0.2) is 15.0 Å². The molecule has 7 heteroatoms. The molecule has 1 aliphatic heterocycles. The van der Waals surface area contributed by atoms with E-state index in [1.54, 1.807) is 6.33 Å². The zero-order valence-corrected chi connectivity index (χ0v) is 14.1. The maximum absolute atomic E-state index is 12.9. The number of nitrogens with one attached hydrogen (secondary N) is 1. The summed E-state index contributed by atoms with van der Waals surface area (Å²) in [6, 6.07) is 10.4. The van der Waals surface area contributed by atoms with E-state index in [0.29, 0.717) is 11.5 Å². The van der Waals surface area contributed by atoms with Gasteiger partial charge in [0.05, 0.1) is 18.9 Å². The Labute approximate surface area is 145 Å². The van der Waals surface area contributed by atoms with Crippen LogP contribution in [0.1, 0.15) is 24.4 Å². The largest absolute Gasteiger partial charge is 0.348 e. The van der Waals surface area contributed by atoms with Crippen molar-refractivity contribution in [1.82, 2.24) is 24.8 Å². The van der Waals surface area contributed by atoms with Gasteiger partial charge >= 0.3 is 0 Å². The Morgan fingerprint density at radius 1 is 1.28 bits per heavy atom. The minimum atomic E-state index is 0.111. The first-order valence-electron chi connectivity index (χ1n) is 8.43. The number of imidazole rings is 1. The predicted molar refractivity (Wildman–Crippen MR) is 95.1 cm³/mol. The van der Waals surface area contributed by atoms with Gasteiger partial charge in [-0.05, 0) is 18.4 Å². The van der Waals surface area contributed by atoms with Gasteiger partial charge in [0.25, 0.3) is 0 Å². The quantitative estimate of drug-likeness (QED) is 0.790. The molecule has 4 rings (SSSR count). The van der Waals surface area contributed by atoms with Crippen molar-refractivity contribution in [3.05, 3.63) is 48.5 Å². The maximum atomic E-state index is 12.9. The summed E-state index contributed by atoms with van der Waals surface area (Å²) in [5, 5.41) is 0. The molecular weight excluding hydrogens is 316 g/mol. The number of carbonyl (C=O) groups excluding carboxylic acids is 1. The van der Waals surface area contributed by atoms with Crippen LogP contribution in [0.25, 0.3) is 11.2 Å². The van der Waals surface area contributed by atoms with Crippen LogP contribution in [-0.2, 0) is 4.79 Å². The number of carbonyl (C=O) groups is 1. The summed E-state index contributed by atoms with van der Waals surface area (Å²) >= 11 is 0. The van der Waals surface area contributed by atoms with Crippen LogP contribution >= 0.6 is 0 Å². The van der Waals surface area contributed by atoms with Crippen LogP contribution in [0.5, 0.6) is 0 Å². The summed E-state index contributed by atoms with van der Waals surface area (Å²) in [4.78, 5) is 32.3. The normalized spacial score (nSPS) is 17.2.